The summed E-state index contributed by atoms with van der Waals surface area (Å²) in [5.74, 6) is 1.57. The Morgan fingerprint density at radius 2 is 1.80 bits per heavy atom. The summed E-state index contributed by atoms with van der Waals surface area (Å²) in [6, 6.07) is 14.6. The van der Waals surface area contributed by atoms with E-state index in [2.05, 4.69) is 57.9 Å². The minimum absolute atomic E-state index is 0.256. The monoisotopic (exact) mass is 681 g/mol. The summed E-state index contributed by atoms with van der Waals surface area (Å²) in [4.78, 5) is 17.6. The molecule has 3 aromatic carbocycles. The highest BCUT2D eigenvalue weighted by atomic mass is 79.9. The van der Waals surface area contributed by atoms with E-state index in [9.17, 15) is 4.79 Å². The van der Waals surface area contributed by atoms with Crippen molar-refractivity contribution in [3.8, 4) is 11.5 Å². The van der Waals surface area contributed by atoms with Crippen molar-refractivity contribution in [2.24, 2.45) is 5.10 Å². The molecule has 0 bridgehead atoms. The fraction of sp³-hybridized carbons (Fsp3) is 0.160. The van der Waals surface area contributed by atoms with Gasteiger partial charge >= 0.3 is 0 Å². The topological polar surface area (TPSA) is 65.7 Å². The van der Waals surface area contributed by atoms with Crippen LogP contribution in [0.1, 0.15) is 23.9 Å². The molecule has 0 amide bonds. The Balaban J connectivity index is 1.70. The molecule has 10 heteroatoms. The van der Waals surface area contributed by atoms with Crippen LogP contribution >= 0.6 is 59.4 Å². The van der Waals surface area contributed by atoms with Crippen LogP contribution in [0.4, 0.5) is 0 Å². The first-order valence-electron chi connectivity index (χ1n) is 10.5. The number of nitrogens with zero attached hydrogens (tertiary/aromatic N) is 3. The van der Waals surface area contributed by atoms with Crippen molar-refractivity contribution in [3.63, 3.8) is 0 Å². The van der Waals surface area contributed by atoms with Gasteiger partial charge < -0.3 is 9.47 Å². The second-order valence-electron chi connectivity index (χ2n) is 7.45. The fourth-order valence-corrected chi connectivity index (χ4v) is 4.77. The van der Waals surface area contributed by atoms with Crippen molar-refractivity contribution < 1.29 is 9.47 Å². The molecule has 0 N–H and O–H groups in total. The molecule has 0 fully saturated rings. The predicted octanol–water partition coefficient (Wildman–Crippen LogP) is 7.51. The molecule has 0 aliphatic carbocycles. The lowest BCUT2D eigenvalue weighted by molar-refractivity contribution is 0.267. The fourth-order valence-electron chi connectivity index (χ4n) is 3.35. The van der Waals surface area contributed by atoms with Crippen molar-refractivity contribution >= 4 is 76.5 Å². The van der Waals surface area contributed by atoms with Gasteiger partial charge in [0.1, 0.15) is 12.4 Å². The summed E-state index contributed by atoms with van der Waals surface area (Å²) in [6.07, 6.45) is 1.58. The van der Waals surface area contributed by atoms with Gasteiger partial charge in [0.05, 0.1) is 28.2 Å². The molecule has 0 unspecified atom stereocenters. The molecule has 4 aromatic rings. The van der Waals surface area contributed by atoms with E-state index in [0.717, 1.165) is 10.0 Å². The third-order valence-electron chi connectivity index (χ3n) is 5.03. The molecule has 0 radical (unpaired) electrons. The van der Waals surface area contributed by atoms with Gasteiger partial charge in [-0.05, 0) is 87.7 Å². The molecular formula is C25H19Br3ClN3O3. The van der Waals surface area contributed by atoms with Crippen molar-refractivity contribution in [1.29, 1.82) is 0 Å². The standard InChI is InChI=1S/C25H19Br3ClN3O3/c1-3-34-21-10-16(22(27)23(28)24(21)35-13-15-4-7-18(29)8-5-15)12-30-32-14(2)31-20-9-6-17(26)11-19(20)25(32)33/h4-12H,3,13H2,1-2H3. The van der Waals surface area contributed by atoms with Gasteiger partial charge in [-0.3, -0.25) is 4.79 Å². The summed E-state index contributed by atoms with van der Waals surface area (Å²) < 4.78 is 15.4. The summed E-state index contributed by atoms with van der Waals surface area (Å²) in [6.45, 7) is 4.42. The Morgan fingerprint density at radius 1 is 1.06 bits per heavy atom. The average Bonchev–Trinajstić information content (AvgIpc) is 2.83. The highest BCUT2D eigenvalue weighted by molar-refractivity contribution is 9.13. The Morgan fingerprint density at radius 3 is 2.51 bits per heavy atom. The van der Waals surface area contributed by atoms with E-state index in [0.29, 0.717) is 61.0 Å². The molecule has 1 aromatic heterocycles. The number of hydrogen-bond donors (Lipinski definition) is 0. The van der Waals surface area contributed by atoms with E-state index in [4.69, 9.17) is 21.1 Å². The molecule has 0 atom stereocenters. The number of rotatable bonds is 7. The first-order chi connectivity index (χ1) is 16.8. The smallest absolute Gasteiger partial charge is 0.282 e. The number of hydrogen-bond acceptors (Lipinski definition) is 5. The third-order valence-corrected chi connectivity index (χ3v) is 7.92. The largest absolute Gasteiger partial charge is 0.490 e. The molecule has 0 saturated carbocycles. The van der Waals surface area contributed by atoms with E-state index in [1.807, 2.05) is 43.3 Å². The van der Waals surface area contributed by atoms with Crippen LogP contribution in [0.5, 0.6) is 11.5 Å². The Bertz CT molecular complexity index is 1490. The van der Waals surface area contributed by atoms with E-state index in [1.54, 1.807) is 25.3 Å². The second kappa shape index (κ2) is 11.2. The van der Waals surface area contributed by atoms with Gasteiger partial charge in [0.15, 0.2) is 11.5 Å². The summed E-state index contributed by atoms with van der Waals surface area (Å²) in [5, 5.41) is 5.57. The van der Waals surface area contributed by atoms with Crippen LogP contribution in [0.25, 0.3) is 10.9 Å². The maximum absolute atomic E-state index is 13.1. The zero-order valence-corrected chi connectivity index (χ0v) is 24.2. The van der Waals surface area contributed by atoms with Gasteiger partial charge in [0.2, 0.25) is 0 Å². The number of benzene rings is 3. The maximum Gasteiger partial charge on any atom is 0.282 e. The normalized spacial score (nSPS) is 11.4. The van der Waals surface area contributed by atoms with Crippen molar-refractivity contribution in [1.82, 2.24) is 9.66 Å². The SMILES string of the molecule is CCOc1cc(C=Nn2c(C)nc3ccc(Br)cc3c2=O)c(Br)c(Br)c1OCc1ccc(Cl)cc1. The molecule has 0 saturated heterocycles. The Hall–Kier alpha value is -2.20. The van der Waals surface area contributed by atoms with Gasteiger partial charge in [-0.1, -0.05) is 39.7 Å². The number of aryl methyl sites for hydroxylation is 1. The molecule has 0 aliphatic rings. The highest BCUT2D eigenvalue weighted by Crippen LogP contribution is 2.43. The molecule has 180 valence electrons. The second-order valence-corrected chi connectivity index (χ2v) is 10.4. The lowest BCUT2D eigenvalue weighted by Gasteiger charge is -2.16. The minimum Gasteiger partial charge on any atom is -0.490 e. The van der Waals surface area contributed by atoms with Crippen molar-refractivity contribution in [2.45, 2.75) is 20.5 Å². The van der Waals surface area contributed by atoms with Crippen molar-refractivity contribution in [2.75, 3.05) is 6.61 Å². The lowest BCUT2D eigenvalue weighted by atomic mass is 10.2. The van der Waals surface area contributed by atoms with E-state index in [-0.39, 0.29) is 5.56 Å². The van der Waals surface area contributed by atoms with Crippen LogP contribution < -0.4 is 15.0 Å². The predicted molar refractivity (Wildman–Crippen MR) is 150 cm³/mol. The molecule has 35 heavy (non-hydrogen) atoms. The highest BCUT2D eigenvalue weighted by Gasteiger charge is 2.17. The quantitative estimate of drug-likeness (QED) is 0.189. The summed E-state index contributed by atoms with van der Waals surface area (Å²) in [5.41, 5.74) is 2.02. The van der Waals surface area contributed by atoms with Gasteiger partial charge in [0, 0.05) is 19.5 Å². The van der Waals surface area contributed by atoms with Crippen LogP contribution in [-0.2, 0) is 6.61 Å². The van der Waals surface area contributed by atoms with E-state index < -0.39 is 0 Å². The van der Waals surface area contributed by atoms with Gasteiger partial charge in [0.25, 0.3) is 5.56 Å². The zero-order valence-electron chi connectivity index (χ0n) is 18.7. The van der Waals surface area contributed by atoms with E-state index in [1.165, 1.54) is 4.68 Å². The molecule has 6 nitrogen and oxygen atoms in total. The Labute approximate surface area is 232 Å². The number of ether oxygens (including phenoxy) is 2. The minimum atomic E-state index is -0.256. The maximum atomic E-state index is 13.1. The van der Waals surface area contributed by atoms with Crippen LogP contribution in [0.2, 0.25) is 5.02 Å². The zero-order chi connectivity index (χ0) is 25.1. The molecule has 0 spiro atoms. The van der Waals surface area contributed by atoms with Crippen molar-refractivity contribution in [3.05, 3.63) is 94.3 Å². The molecular weight excluding hydrogens is 665 g/mol. The summed E-state index contributed by atoms with van der Waals surface area (Å²) >= 11 is 16.6. The third kappa shape index (κ3) is 5.80. The van der Waals surface area contributed by atoms with Crippen LogP contribution in [0.3, 0.4) is 0 Å². The van der Waals surface area contributed by atoms with Gasteiger partial charge in [-0.25, -0.2) is 4.98 Å². The van der Waals surface area contributed by atoms with Gasteiger partial charge in [-0.2, -0.15) is 9.78 Å². The first kappa shape index (κ1) is 25.9. The molecule has 4 rings (SSSR count). The van der Waals surface area contributed by atoms with Gasteiger partial charge in [-0.15, -0.1) is 0 Å². The number of aromatic nitrogens is 2. The van der Waals surface area contributed by atoms with E-state index >= 15 is 0 Å². The number of fused-ring (bicyclic) bond motifs is 1. The summed E-state index contributed by atoms with van der Waals surface area (Å²) in [7, 11) is 0. The van der Waals surface area contributed by atoms with Crippen LogP contribution in [0, 0.1) is 6.92 Å². The molecule has 0 aliphatic heterocycles. The first-order valence-corrected chi connectivity index (χ1v) is 13.3. The molecule has 1 heterocycles. The van der Waals surface area contributed by atoms with Crippen LogP contribution in [0.15, 0.2) is 71.8 Å². The lowest BCUT2D eigenvalue weighted by Crippen LogP contribution is -2.20. The van der Waals surface area contributed by atoms with Crippen LogP contribution in [-0.4, -0.2) is 22.5 Å². The number of halogens is 4. The Kier molecular flexibility index (Phi) is 8.31. The average molecular weight is 685 g/mol.